The van der Waals surface area contributed by atoms with Crippen LogP contribution in [0.25, 0.3) is 0 Å². The van der Waals surface area contributed by atoms with E-state index in [2.05, 4.69) is 61.6 Å². The molecule has 0 radical (unpaired) electrons. The number of nitrogens with two attached hydrogens (primary N) is 1. The summed E-state index contributed by atoms with van der Waals surface area (Å²) in [6.45, 7) is 13.6. The third-order valence-corrected chi connectivity index (χ3v) is 4.41. The Balaban J connectivity index is 2.79. The Morgan fingerprint density at radius 2 is 2.11 bits per heavy atom. The highest BCUT2D eigenvalue weighted by atomic mass is 15.3. The van der Waals surface area contributed by atoms with Gasteiger partial charge in [-0.05, 0) is 39.3 Å². The van der Waals surface area contributed by atoms with Gasteiger partial charge in [0.05, 0.1) is 5.69 Å². The highest BCUT2D eigenvalue weighted by molar-refractivity contribution is 5.01. The Labute approximate surface area is 118 Å². The van der Waals surface area contributed by atoms with Crippen LogP contribution in [0.4, 0.5) is 0 Å². The fourth-order valence-corrected chi connectivity index (χ4v) is 2.27. The van der Waals surface area contributed by atoms with E-state index in [9.17, 15) is 0 Å². The summed E-state index contributed by atoms with van der Waals surface area (Å²) < 4.78 is 2.06. The molecule has 4 nitrogen and oxygen atoms in total. The number of hydrogen-bond acceptors (Lipinski definition) is 3. The third-order valence-electron chi connectivity index (χ3n) is 4.41. The highest BCUT2D eigenvalue weighted by Crippen LogP contribution is 2.20. The molecule has 0 aliphatic carbocycles. The molecule has 2 N–H and O–H groups in total. The van der Waals surface area contributed by atoms with Crippen LogP contribution in [-0.2, 0) is 6.54 Å². The van der Waals surface area contributed by atoms with Gasteiger partial charge in [0.2, 0.25) is 0 Å². The second-order valence-corrected chi connectivity index (χ2v) is 5.61. The van der Waals surface area contributed by atoms with E-state index in [-0.39, 0.29) is 5.54 Å². The highest BCUT2D eigenvalue weighted by Gasteiger charge is 2.27. The molecular formula is C15H30N4. The van der Waals surface area contributed by atoms with Gasteiger partial charge in [0.25, 0.3) is 0 Å². The molecule has 19 heavy (non-hydrogen) atoms. The summed E-state index contributed by atoms with van der Waals surface area (Å²) in [5.74, 6) is 0. The van der Waals surface area contributed by atoms with Gasteiger partial charge in [-0.25, -0.2) is 0 Å². The first-order chi connectivity index (χ1) is 9.00. The van der Waals surface area contributed by atoms with Gasteiger partial charge in [-0.3, -0.25) is 9.58 Å². The molecule has 0 aliphatic rings. The van der Waals surface area contributed by atoms with Crippen molar-refractivity contribution in [3.63, 3.8) is 0 Å². The Kier molecular flexibility index (Phi) is 6.01. The van der Waals surface area contributed by atoms with Crippen molar-refractivity contribution in [3.05, 3.63) is 18.0 Å². The van der Waals surface area contributed by atoms with Crippen molar-refractivity contribution in [2.75, 3.05) is 13.1 Å². The molecule has 0 saturated carbocycles. The Hall–Kier alpha value is -0.870. The summed E-state index contributed by atoms with van der Waals surface area (Å²) in [5, 5.41) is 4.69. The first-order valence-electron chi connectivity index (χ1n) is 7.49. The minimum atomic E-state index is 0.0644. The molecule has 0 saturated heterocycles. The minimum Gasteiger partial charge on any atom is -0.329 e. The predicted octanol–water partition coefficient (Wildman–Crippen LogP) is 2.80. The molecule has 0 bridgehead atoms. The monoisotopic (exact) mass is 266 g/mol. The standard InChI is InChI=1S/C15H30N4/c1-6-13(4)19-10-9-14(17-19)11-18(8-3)15(5,7-2)12-16/h9-10,13H,6-8,11-12,16H2,1-5H3. The van der Waals surface area contributed by atoms with Crippen molar-refractivity contribution in [2.24, 2.45) is 5.73 Å². The van der Waals surface area contributed by atoms with Crippen molar-refractivity contribution in [1.82, 2.24) is 14.7 Å². The molecule has 0 aromatic carbocycles. The molecule has 110 valence electrons. The number of rotatable bonds is 8. The summed E-state index contributed by atoms with van der Waals surface area (Å²) >= 11 is 0. The first kappa shape index (κ1) is 16.2. The third kappa shape index (κ3) is 3.80. The molecule has 0 fully saturated rings. The van der Waals surface area contributed by atoms with Crippen LogP contribution in [0.15, 0.2) is 12.3 Å². The lowest BCUT2D eigenvalue weighted by molar-refractivity contribution is 0.102. The van der Waals surface area contributed by atoms with Gasteiger partial charge in [0.15, 0.2) is 0 Å². The molecule has 1 aromatic rings. The topological polar surface area (TPSA) is 47.1 Å². The van der Waals surface area contributed by atoms with Gasteiger partial charge < -0.3 is 5.73 Å². The molecule has 2 atom stereocenters. The van der Waals surface area contributed by atoms with E-state index in [0.717, 1.165) is 31.6 Å². The summed E-state index contributed by atoms with van der Waals surface area (Å²) in [6.07, 6.45) is 4.25. The van der Waals surface area contributed by atoms with E-state index in [1.807, 2.05) is 0 Å². The maximum Gasteiger partial charge on any atom is 0.0765 e. The summed E-state index contributed by atoms with van der Waals surface area (Å²) in [6, 6.07) is 2.59. The molecule has 4 heteroatoms. The predicted molar refractivity (Wildman–Crippen MR) is 81.1 cm³/mol. The van der Waals surface area contributed by atoms with E-state index >= 15 is 0 Å². The minimum absolute atomic E-state index is 0.0644. The van der Waals surface area contributed by atoms with Crippen LogP contribution in [0.1, 0.15) is 59.2 Å². The molecular weight excluding hydrogens is 236 g/mol. The second-order valence-electron chi connectivity index (χ2n) is 5.61. The second kappa shape index (κ2) is 7.06. The maximum atomic E-state index is 5.96. The molecule has 1 rings (SSSR count). The van der Waals surface area contributed by atoms with Gasteiger partial charge in [-0.15, -0.1) is 0 Å². The summed E-state index contributed by atoms with van der Waals surface area (Å²) in [4.78, 5) is 2.43. The van der Waals surface area contributed by atoms with Gasteiger partial charge in [-0.1, -0.05) is 20.8 Å². The van der Waals surface area contributed by atoms with E-state index in [4.69, 9.17) is 5.73 Å². The van der Waals surface area contributed by atoms with E-state index in [1.54, 1.807) is 0 Å². The summed E-state index contributed by atoms with van der Waals surface area (Å²) in [7, 11) is 0. The van der Waals surface area contributed by atoms with Crippen LogP contribution in [-0.4, -0.2) is 33.3 Å². The Morgan fingerprint density at radius 1 is 1.42 bits per heavy atom. The largest absolute Gasteiger partial charge is 0.329 e. The van der Waals surface area contributed by atoms with Crippen molar-refractivity contribution < 1.29 is 0 Å². The zero-order valence-corrected chi connectivity index (χ0v) is 13.2. The van der Waals surface area contributed by atoms with Gasteiger partial charge >= 0.3 is 0 Å². The molecule has 0 aliphatic heterocycles. The fraction of sp³-hybridized carbons (Fsp3) is 0.800. The van der Waals surface area contributed by atoms with E-state index in [1.165, 1.54) is 0 Å². The van der Waals surface area contributed by atoms with Crippen LogP contribution in [0.3, 0.4) is 0 Å². The molecule has 1 heterocycles. The lowest BCUT2D eigenvalue weighted by Gasteiger charge is -2.39. The van der Waals surface area contributed by atoms with Gasteiger partial charge in [0, 0.05) is 30.9 Å². The van der Waals surface area contributed by atoms with Crippen LogP contribution in [0, 0.1) is 0 Å². The van der Waals surface area contributed by atoms with Crippen molar-refractivity contribution in [3.8, 4) is 0 Å². The zero-order valence-electron chi connectivity index (χ0n) is 13.2. The van der Waals surface area contributed by atoms with Crippen LogP contribution < -0.4 is 5.73 Å². The molecule has 0 amide bonds. The van der Waals surface area contributed by atoms with E-state index in [0.29, 0.717) is 12.6 Å². The van der Waals surface area contributed by atoms with Crippen molar-refractivity contribution >= 4 is 0 Å². The average Bonchev–Trinajstić information content (AvgIpc) is 2.91. The van der Waals surface area contributed by atoms with Gasteiger partial charge in [-0.2, -0.15) is 5.10 Å². The van der Waals surface area contributed by atoms with Gasteiger partial charge in [0.1, 0.15) is 0 Å². The Morgan fingerprint density at radius 3 is 2.58 bits per heavy atom. The fourth-order valence-electron chi connectivity index (χ4n) is 2.27. The first-order valence-corrected chi connectivity index (χ1v) is 7.49. The lowest BCUT2D eigenvalue weighted by Crippen LogP contribution is -2.50. The molecule has 2 unspecified atom stereocenters. The lowest BCUT2D eigenvalue weighted by atomic mass is 9.96. The number of aromatic nitrogens is 2. The average molecular weight is 266 g/mol. The van der Waals surface area contributed by atoms with Crippen LogP contribution >= 0.6 is 0 Å². The normalized spacial score (nSPS) is 16.6. The molecule has 0 spiro atoms. The SMILES string of the molecule is CCC(C)n1ccc(CN(CC)C(C)(CC)CN)n1. The Bertz CT molecular complexity index is 368. The van der Waals surface area contributed by atoms with Crippen LogP contribution in [0.2, 0.25) is 0 Å². The summed E-state index contributed by atoms with van der Waals surface area (Å²) in [5.41, 5.74) is 7.15. The van der Waals surface area contributed by atoms with E-state index < -0.39 is 0 Å². The zero-order chi connectivity index (χ0) is 14.5. The molecule has 1 aromatic heterocycles. The van der Waals surface area contributed by atoms with Crippen LogP contribution in [0.5, 0.6) is 0 Å². The number of hydrogen-bond donors (Lipinski definition) is 1. The van der Waals surface area contributed by atoms with Crippen molar-refractivity contribution in [2.45, 2.75) is 65.6 Å². The number of nitrogens with zero attached hydrogens (tertiary/aromatic N) is 3. The maximum absolute atomic E-state index is 5.96. The smallest absolute Gasteiger partial charge is 0.0765 e. The quantitative estimate of drug-likeness (QED) is 0.787. The van der Waals surface area contributed by atoms with Crippen molar-refractivity contribution in [1.29, 1.82) is 0 Å². The number of likely N-dealkylation sites (N-methyl/N-ethyl adjacent to an activating group) is 1.